The Morgan fingerprint density at radius 2 is 2.25 bits per heavy atom. The summed E-state index contributed by atoms with van der Waals surface area (Å²) in [6, 6.07) is 5.82. The van der Waals surface area contributed by atoms with E-state index in [1.165, 1.54) is 18.2 Å². The molecule has 1 aliphatic carbocycles. The van der Waals surface area contributed by atoms with Crippen LogP contribution in [0.15, 0.2) is 24.3 Å². The molecule has 3 nitrogen and oxygen atoms in total. The lowest BCUT2D eigenvalue weighted by Crippen LogP contribution is -2.28. The van der Waals surface area contributed by atoms with Crippen LogP contribution < -0.4 is 10.1 Å². The van der Waals surface area contributed by atoms with Crippen LogP contribution in [0.2, 0.25) is 0 Å². The van der Waals surface area contributed by atoms with E-state index in [0.29, 0.717) is 22.9 Å². The van der Waals surface area contributed by atoms with Crippen molar-refractivity contribution in [1.29, 1.82) is 0 Å². The first kappa shape index (κ1) is 15.2. The van der Waals surface area contributed by atoms with Crippen LogP contribution in [0, 0.1) is 5.92 Å². The average Bonchev–Trinajstić information content (AvgIpc) is 2.81. The van der Waals surface area contributed by atoms with Crippen molar-refractivity contribution in [2.24, 2.45) is 5.92 Å². The summed E-state index contributed by atoms with van der Waals surface area (Å²) in [7, 11) is 0. The molecule has 1 fully saturated rings. The summed E-state index contributed by atoms with van der Waals surface area (Å²) in [6.45, 7) is -2.27. The zero-order valence-corrected chi connectivity index (χ0v) is 12.4. The number of amides is 1. The maximum absolute atomic E-state index is 12.1. The van der Waals surface area contributed by atoms with Gasteiger partial charge in [-0.1, -0.05) is 22.0 Å². The van der Waals surface area contributed by atoms with Gasteiger partial charge in [-0.25, -0.2) is 0 Å². The van der Waals surface area contributed by atoms with E-state index >= 15 is 0 Å². The highest BCUT2D eigenvalue weighted by Gasteiger charge is 2.22. The van der Waals surface area contributed by atoms with Crippen LogP contribution in [0.4, 0.5) is 8.78 Å². The first-order valence-electron chi connectivity index (χ1n) is 6.51. The van der Waals surface area contributed by atoms with Crippen molar-refractivity contribution in [3.05, 3.63) is 29.8 Å². The smallest absolute Gasteiger partial charge is 0.387 e. The van der Waals surface area contributed by atoms with Gasteiger partial charge in [-0.15, -0.1) is 0 Å². The minimum Gasteiger partial charge on any atom is -0.435 e. The SMILES string of the molecule is O=C(NCC1CCC(Br)C1)c1cccc(OC(F)F)c1. The second-order valence-electron chi connectivity index (χ2n) is 4.89. The normalized spacial score (nSPS) is 22.0. The molecule has 1 saturated carbocycles. The Hall–Kier alpha value is -1.17. The highest BCUT2D eigenvalue weighted by atomic mass is 79.9. The van der Waals surface area contributed by atoms with Gasteiger partial charge < -0.3 is 10.1 Å². The molecular weight excluding hydrogens is 332 g/mol. The number of hydrogen-bond acceptors (Lipinski definition) is 2. The van der Waals surface area contributed by atoms with Gasteiger partial charge in [0.25, 0.3) is 5.91 Å². The van der Waals surface area contributed by atoms with Crippen molar-refractivity contribution >= 4 is 21.8 Å². The van der Waals surface area contributed by atoms with Crippen LogP contribution in [-0.2, 0) is 0 Å². The van der Waals surface area contributed by atoms with Crippen molar-refractivity contribution in [3.63, 3.8) is 0 Å². The molecule has 110 valence electrons. The van der Waals surface area contributed by atoms with Gasteiger partial charge in [0.2, 0.25) is 0 Å². The molecule has 0 heterocycles. The van der Waals surface area contributed by atoms with Crippen molar-refractivity contribution in [2.75, 3.05) is 6.54 Å². The molecule has 6 heteroatoms. The number of carbonyl (C=O) groups is 1. The maximum atomic E-state index is 12.1. The summed E-state index contributed by atoms with van der Waals surface area (Å²) in [4.78, 5) is 12.5. The number of carbonyl (C=O) groups excluding carboxylic acids is 1. The zero-order chi connectivity index (χ0) is 14.5. The Morgan fingerprint density at radius 3 is 2.90 bits per heavy atom. The van der Waals surface area contributed by atoms with Crippen LogP contribution in [0.1, 0.15) is 29.6 Å². The third kappa shape index (κ3) is 4.44. The van der Waals surface area contributed by atoms with Gasteiger partial charge in [-0.05, 0) is 43.4 Å². The van der Waals surface area contributed by atoms with E-state index in [-0.39, 0.29) is 11.7 Å². The summed E-state index contributed by atoms with van der Waals surface area (Å²) in [5.74, 6) is 0.209. The highest BCUT2D eigenvalue weighted by molar-refractivity contribution is 9.09. The van der Waals surface area contributed by atoms with Gasteiger partial charge in [0.15, 0.2) is 0 Å². The molecular formula is C14H16BrF2NO2. The maximum Gasteiger partial charge on any atom is 0.387 e. The number of nitrogens with one attached hydrogen (secondary N) is 1. The van der Waals surface area contributed by atoms with E-state index in [9.17, 15) is 13.6 Å². The number of halogens is 3. The number of ether oxygens (including phenoxy) is 1. The summed E-state index contributed by atoms with van der Waals surface area (Å²) >= 11 is 3.56. The van der Waals surface area contributed by atoms with Gasteiger partial charge in [-0.3, -0.25) is 4.79 Å². The van der Waals surface area contributed by atoms with Gasteiger partial charge in [0.1, 0.15) is 5.75 Å². The molecule has 1 N–H and O–H groups in total. The molecule has 0 saturated heterocycles. The molecule has 2 atom stereocenters. The number of alkyl halides is 3. The summed E-state index contributed by atoms with van der Waals surface area (Å²) in [5, 5.41) is 2.84. The highest BCUT2D eigenvalue weighted by Crippen LogP contribution is 2.30. The van der Waals surface area contributed by atoms with Crippen LogP contribution in [0.3, 0.4) is 0 Å². The molecule has 0 radical (unpaired) electrons. The largest absolute Gasteiger partial charge is 0.435 e. The van der Waals surface area contributed by atoms with E-state index in [0.717, 1.165) is 19.3 Å². The van der Waals surface area contributed by atoms with E-state index in [2.05, 4.69) is 26.0 Å². The Labute approximate surface area is 124 Å². The Morgan fingerprint density at radius 1 is 1.45 bits per heavy atom. The molecule has 1 aromatic rings. The van der Waals surface area contributed by atoms with Gasteiger partial charge >= 0.3 is 6.61 Å². The van der Waals surface area contributed by atoms with E-state index in [1.54, 1.807) is 6.07 Å². The molecule has 0 aliphatic heterocycles. The minimum atomic E-state index is -2.89. The predicted octanol–water partition coefficient (Wildman–Crippen LogP) is 3.58. The topological polar surface area (TPSA) is 38.3 Å². The lowest BCUT2D eigenvalue weighted by atomic mass is 10.1. The predicted molar refractivity (Wildman–Crippen MR) is 75.5 cm³/mol. The molecule has 1 aromatic carbocycles. The first-order valence-corrected chi connectivity index (χ1v) is 7.43. The van der Waals surface area contributed by atoms with Gasteiger partial charge in [0.05, 0.1) is 0 Å². The molecule has 2 unspecified atom stereocenters. The first-order chi connectivity index (χ1) is 9.54. The lowest BCUT2D eigenvalue weighted by Gasteiger charge is -2.11. The van der Waals surface area contributed by atoms with Crippen LogP contribution >= 0.6 is 15.9 Å². The Balaban J connectivity index is 1.88. The molecule has 2 rings (SSSR count). The standard InChI is InChI=1S/C14H16BrF2NO2/c15-11-5-4-9(6-11)8-18-13(19)10-2-1-3-12(7-10)20-14(16)17/h1-3,7,9,11,14H,4-6,8H2,(H,18,19). The summed E-state index contributed by atoms with van der Waals surface area (Å²) in [5.41, 5.74) is 0.330. The molecule has 0 spiro atoms. The average molecular weight is 348 g/mol. The Kier molecular flexibility index (Phi) is 5.34. The van der Waals surface area contributed by atoms with Gasteiger partial charge in [0, 0.05) is 16.9 Å². The number of benzene rings is 1. The third-order valence-electron chi connectivity index (χ3n) is 3.35. The molecule has 20 heavy (non-hydrogen) atoms. The Bertz CT molecular complexity index is 470. The second-order valence-corrected chi connectivity index (χ2v) is 6.19. The molecule has 1 aliphatic rings. The number of hydrogen-bond donors (Lipinski definition) is 1. The van der Waals surface area contributed by atoms with Crippen LogP contribution in [0.5, 0.6) is 5.75 Å². The fraction of sp³-hybridized carbons (Fsp3) is 0.500. The van der Waals surface area contributed by atoms with Gasteiger partial charge in [-0.2, -0.15) is 8.78 Å². The zero-order valence-electron chi connectivity index (χ0n) is 10.8. The monoisotopic (exact) mass is 347 g/mol. The summed E-state index contributed by atoms with van der Waals surface area (Å²) < 4.78 is 28.5. The van der Waals surface area contributed by atoms with Crippen molar-refractivity contribution in [2.45, 2.75) is 30.7 Å². The fourth-order valence-corrected chi connectivity index (χ4v) is 3.14. The third-order valence-corrected chi connectivity index (χ3v) is 4.18. The number of rotatable bonds is 5. The molecule has 0 bridgehead atoms. The van der Waals surface area contributed by atoms with E-state index in [1.807, 2.05) is 0 Å². The fourth-order valence-electron chi connectivity index (χ4n) is 2.35. The van der Waals surface area contributed by atoms with Crippen LogP contribution in [-0.4, -0.2) is 23.9 Å². The van der Waals surface area contributed by atoms with E-state index in [4.69, 9.17) is 0 Å². The quantitative estimate of drug-likeness (QED) is 0.826. The van der Waals surface area contributed by atoms with E-state index < -0.39 is 6.61 Å². The van der Waals surface area contributed by atoms with Crippen molar-refractivity contribution in [1.82, 2.24) is 5.32 Å². The second kappa shape index (κ2) is 7.02. The lowest BCUT2D eigenvalue weighted by molar-refractivity contribution is -0.0498. The molecule has 0 aromatic heterocycles. The van der Waals surface area contributed by atoms with Crippen LogP contribution in [0.25, 0.3) is 0 Å². The summed E-state index contributed by atoms with van der Waals surface area (Å²) in [6.07, 6.45) is 3.26. The molecule has 1 amide bonds. The van der Waals surface area contributed by atoms with Crippen molar-refractivity contribution < 1.29 is 18.3 Å². The minimum absolute atomic E-state index is 0.00552. The van der Waals surface area contributed by atoms with Crippen molar-refractivity contribution in [3.8, 4) is 5.75 Å².